The smallest absolute Gasteiger partial charge is 0.0237 e. The zero-order valence-corrected chi connectivity index (χ0v) is 14.2. The minimum absolute atomic E-state index is 0.727. The first-order valence-electron chi connectivity index (χ1n) is 9.27. The summed E-state index contributed by atoms with van der Waals surface area (Å²) < 4.78 is 0. The lowest BCUT2D eigenvalue weighted by Gasteiger charge is -2.18. The molecule has 2 aliphatic rings. The van der Waals surface area contributed by atoms with Crippen molar-refractivity contribution in [2.24, 2.45) is 29.6 Å². The molecule has 0 amide bonds. The average molecular weight is 277 g/mol. The molecule has 2 aliphatic carbocycles. The topological polar surface area (TPSA) is 0 Å². The Balaban J connectivity index is 1.64. The molecule has 2 saturated carbocycles. The van der Waals surface area contributed by atoms with Gasteiger partial charge in [-0.05, 0) is 55.8 Å². The molecule has 0 heteroatoms. The molecule has 0 radical (unpaired) electrons. The highest BCUT2D eigenvalue weighted by Crippen LogP contribution is 2.52. The summed E-state index contributed by atoms with van der Waals surface area (Å²) in [6.45, 7) is 11.0. The molecule has 2 rings (SSSR count). The predicted octanol–water partition coefficient (Wildman–Crippen LogP) is 6.61. The van der Waals surface area contributed by atoms with Gasteiger partial charge in [-0.1, -0.05) is 70.9 Å². The quantitative estimate of drug-likeness (QED) is 0.294. The first-order valence-corrected chi connectivity index (χ1v) is 9.27. The Hall–Kier alpha value is -0.260. The number of rotatable bonds is 11. The fraction of sp³-hybridized carbons (Fsp3) is 0.900. The van der Waals surface area contributed by atoms with Crippen LogP contribution < -0.4 is 0 Å². The van der Waals surface area contributed by atoms with E-state index in [0.29, 0.717) is 0 Å². The summed E-state index contributed by atoms with van der Waals surface area (Å²) in [6, 6.07) is 0. The first kappa shape index (κ1) is 16.1. The summed E-state index contributed by atoms with van der Waals surface area (Å²) in [7, 11) is 0. The van der Waals surface area contributed by atoms with Crippen molar-refractivity contribution in [1.29, 1.82) is 0 Å². The van der Waals surface area contributed by atoms with Crippen molar-refractivity contribution in [3.05, 3.63) is 12.2 Å². The standard InChI is InChI=1S/C20H36/c1-5-8-18-14-20(18)19(13-17-11-12-17)10-7-6-9-16(4)15(2)3/h16-20H,2,5-14H2,1,3-4H3. The summed E-state index contributed by atoms with van der Waals surface area (Å²) in [5.41, 5.74) is 1.37. The average Bonchev–Trinajstić information content (AvgIpc) is 3.28. The van der Waals surface area contributed by atoms with E-state index in [4.69, 9.17) is 0 Å². The van der Waals surface area contributed by atoms with Crippen molar-refractivity contribution in [2.75, 3.05) is 0 Å². The van der Waals surface area contributed by atoms with E-state index in [1.54, 1.807) is 12.8 Å². The van der Waals surface area contributed by atoms with Crippen LogP contribution in [-0.4, -0.2) is 0 Å². The summed E-state index contributed by atoms with van der Waals surface area (Å²) in [4.78, 5) is 0. The molecule has 0 heterocycles. The van der Waals surface area contributed by atoms with Gasteiger partial charge in [0.25, 0.3) is 0 Å². The van der Waals surface area contributed by atoms with Gasteiger partial charge in [0.15, 0.2) is 0 Å². The number of hydrogen-bond donors (Lipinski definition) is 0. The van der Waals surface area contributed by atoms with Crippen molar-refractivity contribution < 1.29 is 0 Å². The van der Waals surface area contributed by atoms with Crippen LogP contribution in [0.4, 0.5) is 0 Å². The molecule has 116 valence electrons. The van der Waals surface area contributed by atoms with Gasteiger partial charge >= 0.3 is 0 Å². The van der Waals surface area contributed by atoms with Gasteiger partial charge in [-0.2, -0.15) is 0 Å². The van der Waals surface area contributed by atoms with Crippen LogP contribution in [0.5, 0.6) is 0 Å². The van der Waals surface area contributed by atoms with E-state index in [0.717, 1.165) is 29.6 Å². The minimum Gasteiger partial charge on any atom is -0.0999 e. The fourth-order valence-corrected chi connectivity index (χ4v) is 3.94. The molecule has 0 N–H and O–H groups in total. The highest BCUT2D eigenvalue weighted by molar-refractivity contribution is 4.94. The van der Waals surface area contributed by atoms with Crippen molar-refractivity contribution in [2.45, 2.75) is 85.0 Å². The molecule has 4 atom stereocenters. The third kappa shape index (κ3) is 5.26. The van der Waals surface area contributed by atoms with E-state index in [9.17, 15) is 0 Å². The van der Waals surface area contributed by atoms with Gasteiger partial charge in [-0.15, -0.1) is 0 Å². The normalized spacial score (nSPS) is 28.1. The zero-order chi connectivity index (χ0) is 14.5. The number of unbranched alkanes of at least 4 members (excludes halogenated alkanes) is 1. The maximum absolute atomic E-state index is 4.09. The Morgan fingerprint density at radius 1 is 1.20 bits per heavy atom. The van der Waals surface area contributed by atoms with Crippen LogP contribution >= 0.6 is 0 Å². The van der Waals surface area contributed by atoms with Crippen LogP contribution in [0.2, 0.25) is 0 Å². The van der Waals surface area contributed by atoms with Crippen LogP contribution in [0.15, 0.2) is 12.2 Å². The first-order chi connectivity index (χ1) is 9.61. The van der Waals surface area contributed by atoms with Gasteiger partial charge in [-0.25, -0.2) is 0 Å². The van der Waals surface area contributed by atoms with Crippen molar-refractivity contribution >= 4 is 0 Å². The second-order valence-corrected chi connectivity index (χ2v) is 7.92. The molecule has 0 aromatic rings. The zero-order valence-electron chi connectivity index (χ0n) is 14.2. The third-order valence-electron chi connectivity index (χ3n) is 5.88. The Bertz CT molecular complexity index is 299. The van der Waals surface area contributed by atoms with Gasteiger partial charge in [-0.3, -0.25) is 0 Å². The van der Waals surface area contributed by atoms with Crippen LogP contribution in [0, 0.1) is 29.6 Å². The summed E-state index contributed by atoms with van der Waals surface area (Å²) in [5.74, 6) is 5.16. The van der Waals surface area contributed by atoms with Crippen molar-refractivity contribution in [3.8, 4) is 0 Å². The second kappa shape index (κ2) is 7.66. The van der Waals surface area contributed by atoms with Crippen molar-refractivity contribution in [3.63, 3.8) is 0 Å². The summed E-state index contributed by atoms with van der Waals surface area (Å²) in [6.07, 6.45) is 14.9. The molecule has 0 nitrogen and oxygen atoms in total. The highest BCUT2D eigenvalue weighted by atomic mass is 14.5. The Morgan fingerprint density at radius 2 is 1.90 bits per heavy atom. The fourth-order valence-electron chi connectivity index (χ4n) is 3.94. The van der Waals surface area contributed by atoms with E-state index in [1.165, 1.54) is 56.9 Å². The van der Waals surface area contributed by atoms with Gasteiger partial charge in [0, 0.05) is 0 Å². The molecule has 4 unspecified atom stereocenters. The monoisotopic (exact) mass is 276 g/mol. The van der Waals surface area contributed by atoms with Crippen molar-refractivity contribution in [1.82, 2.24) is 0 Å². The lowest BCUT2D eigenvalue weighted by Crippen LogP contribution is -2.07. The molecule has 0 saturated heterocycles. The SMILES string of the molecule is C=C(C)C(C)CCCCC(CC1CC1)C1CC1CCC. The molecule has 0 spiro atoms. The maximum atomic E-state index is 4.09. The highest BCUT2D eigenvalue weighted by Gasteiger charge is 2.43. The third-order valence-corrected chi connectivity index (χ3v) is 5.88. The summed E-state index contributed by atoms with van der Waals surface area (Å²) in [5, 5.41) is 0. The lowest BCUT2D eigenvalue weighted by atomic mass is 9.88. The number of hydrogen-bond acceptors (Lipinski definition) is 0. The number of allylic oxidation sites excluding steroid dienone is 1. The molecule has 20 heavy (non-hydrogen) atoms. The van der Waals surface area contributed by atoms with Crippen LogP contribution in [-0.2, 0) is 0 Å². The molecule has 0 bridgehead atoms. The Labute approximate surface area is 127 Å². The molecular formula is C20H36. The van der Waals surface area contributed by atoms with E-state index in [2.05, 4.69) is 27.4 Å². The van der Waals surface area contributed by atoms with Crippen LogP contribution in [0.25, 0.3) is 0 Å². The van der Waals surface area contributed by atoms with Gasteiger partial charge in [0.1, 0.15) is 0 Å². The van der Waals surface area contributed by atoms with E-state index >= 15 is 0 Å². The Morgan fingerprint density at radius 3 is 2.50 bits per heavy atom. The lowest BCUT2D eigenvalue weighted by molar-refractivity contribution is 0.339. The predicted molar refractivity (Wildman–Crippen MR) is 89.8 cm³/mol. The minimum atomic E-state index is 0.727. The van der Waals surface area contributed by atoms with Gasteiger partial charge in [0.2, 0.25) is 0 Å². The Kier molecular flexibility index (Phi) is 6.18. The van der Waals surface area contributed by atoms with Crippen LogP contribution in [0.3, 0.4) is 0 Å². The van der Waals surface area contributed by atoms with E-state index in [1.807, 2.05) is 0 Å². The molecule has 0 aliphatic heterocycles. The molecular weight excluding hydrogens is 240 g/mol. The summed E-state index contributed by atoms with van der Waals surface area (Å²) >= 11 is 0. The molecule has 2 fully saturated rings. The van der Waals surface area contributed by atoms with E-state index in [-0.39, 0.29) is 0 Å². The maximum Gasteiger partial charge on any atom is -0.0237 e. The van der Waals surface area contributed by atoms with Gasteiger partial charge in [0.05, 0.1) is 0 Å². The second-order valence-electron chi connectivity index (χ2n) is 7.92. The van der Waals surface area contributed by atoms with Gasteiger partial charge < -0.3 is 0 Å². The molecule has 0 aromatic heterocycles. The van der Waals surface area contributed by atoms with Crippen LogP contribution in [0.1, 0.15) is 85.0 Å². The van der Waals surface area contributed by atoms with E-state index < -0.39 is 0 Å². The molecule has 0 aromatic carbocycles. The largest absolute Gasteiger partial charge is 0.0999 e.